The van der Waals surface area contributed by atoms with E-state index >= 15 is 0 Å². The summed E-state index contributed by atoms with van der Waals surface area (Å²) in [6, 6.07) is 0. The van der Waals surface area contributed by atoms with Crippen LogP contribution in [-0.4, -0.2) is 21.1 Å². The Bertz CT molecular complexity index is 209. The van der Waals surface area contributed by atoms with Gasteiger partial charge < -0.3 is 0 Å². The summed E-state index contributed by atoms with van der Waals surface area (Å²) in [5.41, 5.74) is 0. The zero-order valence-electron chi connectivity index (χ0n) is 4.49. The number of halogens is 1. The molecule has 0 unspecified atom stereocenters. The number of nitrogens with zero attached hydrogens (tertiary/aromatic N) is 3. The van der Waals surface area contributed by atoms with Crippen molar-refractivity contribution in [2.75, 3.05) is 0 Å². The Labute approximate surface area is 65.4 Å². The van der Waals surface area contributed by atoms with Gasteiger partial charge in [-0.2, -0.15) is 5.10 Å². The summed E-state index contributed by atoms with van der Waals surface area (Å²) in [6.45, 7) is 0. The van der Waals surface area contributed by atoms with Gasteiger partial charge in [-0.05, 0) is 0 Å². The van der Waals surface area contributed by atoms with E-state index < -0.39 is 0 Å². The Morgan fingerprint density at radius 2 is 2.67 bits per heavy atom. The molecule has 4 nitrogen and oxygen atoms in total. The van der Waals surface area contributed by atoms with Crippen LogP contribution in [0, 0.1) is 0 Å². The number of alkyl halides is 1. The van der Waals surface area contributed by atoms with Gasteiger partial charge in [-0.25, -0.2) is 9.67 Å². The predicted octanol–water partition coefficient (Wildman–Crippen LogP) is 0.483. The van der Waals surface area contributed by atoms with E-state index in [0.717, 1.165) is 0 Å². The molecule has 0 spiro atoms. The van der Waals surface area contributed by atoms with E-state index in [-0.39, 0.29) is 0 Å². The highest BCUT2D eigenvalue weighted by atomic mass is 127. The Kier molecular flexibility index (Phi) is 2.15. The highest BCUT2D eigenvalue weighted by Gasteiger charge is 1.97. The quantitative estimate of drug-likeness (QED) is 0.427. The summed E-state index contributed by atoms with van der Waals surface area (Å²) in [7, 11) is 0. The summed E-state index contributed by atoms with van der Waals surface area (Å²) < 4.78 is 2.18. The first-order chi connectivity index (χ1) is 4.38. The Morgan fingerprint density at radius 1 is 1.89 bits per heavy atom. The van der Waals surface area contributed by atoms with Crippen LogP contribution in [0.4, 0.5) is 0 Å². The van der Waals surface area contributed by atoms with Gasteiger partial charge in [0, 0.05) is 0 Å². The highest BCUT2D eigenvalue weighted by molar-refractivity contribution is 14.1. The van der Waals surface area contributed by atoms with E-state index in [4.69, 9.17) is 0 Å². The zero-order chi connectivity index (χ0) is 6.69. The lowest BCUT2D eigenvalue weighted by molar-refractivity contribution is 0.111. The number of aldehydes is 1. The molecule has 0 N–H and O–H groups in total. The summed E-state index contributed by atoms with van der Waals surface area (Å²) in [6.07, 6.45) is 2.05. The summed E-state index contributed by atoms with van der Waals surface area (Å²) >= 11 is 2.10. The first kappa shape index (κ1) is 6.66. The minimum absolute atomic E-state index is 0.379. The fourth-order valence-electron chi connectivity index (χ4n) is 0.456. The first-order valence-electron chi connectivity index (χ1n) is 2.27. The second-order valence-electron chi connectivity index (χ2n) is 1.36. The third-order valence-electron chi connectivity index (χ3n) is 0.864. The molecule has 0 radical (unpaired) electrons. The van der Waals surface area contributed by atoms with Crippen LogP contribution in [0.1, 0.15) is 10.6 Å². The third kappa shape index (κ3) is 1.26. The molecule has 9 heavy (non-hydrogen) atoms. The maximum atomic E-state index is 10.1. The monoisotopic (exact) mass is 237 g/mol. The smallest absolute Gasteiger partial charge is 0.191 e. The van der Waals surface area contributed by atoms with Gasteiger partial charge in [0.05, 0.1) is 4.55 Å². The first-order valence-corrected chi connectivity index (χ1v) is 3.80. The number of carbonyl (C=O) groups excluding carboxylic acids is 1. The fraction of sp³-hybridized carbons (Fsp3) is 0.250. The fourth-order valence-corrected chi connectivity index (χ4v) is 0.982. The van der Waals surface area contributed by atoms with Crippen molar-refractivity contribution in [1.29, 1.82) is 0 Å². The number of carbonyl (C=O) groups is 1. The normalized spacial score (nSPS) is 9.44. The molecule has 0 aliphatic heterocycles. The van der Waals surface area contributed by atoms with Gasteiger partial charge in [-0.3, -0.25) is 4.79 Å². The van der Waals surface area contributed by atoms with Crippen LogP contribution in [0.3, 0.4) is 0 Å². The molecular formula is C4H4IN3O. The molecule has 0 fully saturated rings. The molecule has 0 bridgehead atoms. The van der Waals surface area contributed by atoms with Crippen molar-refractivity contribution in [1.82, 2.24) is 14.8 Å². The van der Waals surface area contributed by atoms with Gasteiger partial charge in [0.25, 0.3) is 0 Å². The average molecular weight is 237 g/mol. The van der Waals surface area contributed by atoms with Gasteiger partial charge in [-0.1, -0.05) is 22.6 Å². The molecule has 1 aromatic heterocycles. The topological polar surface area (TPSA) is 47.8 Å². The molecule has 1 aromatic rings. The van der Waals surface area contributed by atoms with E-state index in [0.29, 0.717) is 16.7 Å². The molecular weight excluding hydrogens is 233 g/mol. The lowest BCUT2D eigenvalue weighted by Crippen LogP contribution is -1.99. The summed E-state index contributed by atoms with van der Waals surface area (Å²) in [5, 5.41) is 3.77. The third-order valence-corrected chi connectivity index (χ3v) is 1.51. The molecule has 0 saturated heterocycles. The van der Waals surface area contributed by atoms with Crippen LogP contribution in [0.25, 0.3) is 0 Å². The van der Waals surface area contributed by atoms with Crippen molar-refractivity contribution in [3.8, 4) is 0 Å². The molecule has 0 saturated carbocycles. The van der Waals surface area contributed by atoms with Crippen molar-refractivity contribution < 1.29 is 4.79 Å². The molecule has 1 rings (SSSR count). The van der Waals surface area contributed by atoms with Crippen molar-refractivity contribution in [3.05, 3.63) is 12.2 Å². The van der Waals surface area contributed by atoms with Crippen LogP contribution in [0.15, 0.2) is 6.33 Å². The highest BCUT2D eigenvalue weighted by Crippen LogP contribution is 1.93. The standard InChI is InChI=1S/C4H4IN3O/c5-2-8-4(1-9)6-3-7-8/h1,3H,2H2. The van der Waals surface area contributed by atoms with E-state index in [1.54, 1.807) is 0 Å². The molecule has 0 aliphatic rings. The van der Waals surface area contributed by atoms with Crippen molar-refractivity contribution in [3.63, 3.8) is 0 Å². The number of hydrogen-bond donors (Lipinski definition) is 0. The molecule has 5 heteroatoms. The molecule has 1 heterocycles. The molecule has 0 aliphatic carbocycles. The van der Waals surface area contributed by atoms with E-state index in [2.05, 4.69) is 32.7 Å². The van der Waals surface area contributed by atoms with Crippen LogP contribution >= 0.6 is 22.6 Å². The average Bonchev–Trinajstić information content (AvgIpc) is 2.33. The van der Waals surface area contributed by atoms with Gasteiger partial charge in [0.1, 0.15) is 6.33 Å². The van der Waals surface area contributed by atoms with Crippen molar-refractivity contribution in [2.45, 2.75) is 4.55 Å². The maximum Gasteiger partial charge on any atom is 0.191 e. The molecule has 0 atom stereocenters. The maximum absolute atomic E-state index is 10.1. The number of rotatable bonds is 2. The van der Waals surface area contributed by atoms with Crippen LogP contribution in [-0.2, 0) is 4.55 Å². The SMILES string of the molecule is O=Cc1ncnn1CI. The van der Waals surface area contributed by atoms with Gasteiger partial charge in [-0.15, -0.1) is 0 Å². The Hall–Kier alpha value is -0.460. The van der Waals surface area contributed by atoms with Gasteiger partial charge >= 0.3 is 0 Å². The molecule has 0 aromatic carbocycles. The Balaban J connectivity index is 2.98. The van der Waals surface area contributed by atoms with E-state index in [1.165, 1.54) is 11.0 Å². The minimum Gasteiger partial charge on any atom is -0.294 e. The van der Waals surface area contributed by atoms with Crippen molar-refractivity contribution in [2.24, 2.45) is 0 Å². The van der Waals surface area contributed by atoms with Gasteiger partial charge in [0.2, 0.25) is 0 Å². The Morgan fingerprint density at radius 3 is 3.11 bits per heavy atom. The molecule has 0 amide bonds. The lowest BCUT2D eigenvalue weighted by Gasteiger charge is -1.90. The van der Waals surface area contributed by atoms with Crippen LogP contribution < -0.4 is 0 Å². The minimum atomic E-state index is 0.379. The summed E-state index contributed by atoms with van der Waals surface area (Å²) in [5.74, 6) is 0.379. The summed E-state index contributed by atoms with van der Waals surface area (Å²) in [4.78, 5) is 13.8. The largest absolute Gasteiger partial charge is 0.294 e. The number of aromatic nitrogens is 3. The second-order valence-corrected chi connectivity index (χ2v) is 2.04. The van der Waals surface area contributed by atoms with Gasteiger partial charge in [0.15, 0.2) is 12.1 Å². The van der Waals surface area contributed by atoms with Crippen LogP contribution in [0.2, 0.25) is 0 Å². The zero-order valence-corrected chi connectivity index (χ0v) is 6.65. The predicted molar refractivity (Wildman–Crippen MR) is 39.4 cm³/mol. The van der Waals surface area contributed by atoms with E-state index in [1.807, 2.05) is 0 Å². The molecule has 48 valence electrons. The lowest BCUT2D eigenvalue weighted by atomic mass is 10.7. The number of hydrogen-bond acceptors (Lipinski definition) is 3. The van der Waals surface area contributed by atoms with Crippen LogP contribution in [0.5, 0.6) is 0 Å². The van der Waals surface area contributed by atoms with E-state index in [9.17, 15) is 4.79 Å². The second kappa shape index (κ2) is 2.90. The van der Waals surface area contributed by atoms with Crippen molar-refractivity contribution >= 4 is 28.9 Å².